The summed E-state index contributed by atoms with van der Waals surface area (Å²) >= 11 is 0. The van der Waals surface area contributed by atoms with E-state index in [-0.39, 0.29) is 30.2 Å². The Morgan fingerprint density at radius 2 is 1.72 bits per heavy atom. The summed E-state index contributed by atoms with van der Waals surface area (Å²) in [4.78, 5) is 28.1. The third-order valence-corrected chi connectivity index (χ3v) is 12.0. The number of aliphatic hydroxyl groups is 2. The van der Waals surface area contributed by atoms with Gasteiger partial charge in [0.1, 0.15) is 18.2 Å². The number of rotatable bonds is 9. The average molecular weight is 715 g/mol. The molecule has 4 atom stereocenters. The van der Waals surface area contributed by atoms with Gasteiger partial charge in [0.25, 0.3) is 0 Å². The fourth-order valence-corrected chi connectivity index (χ4v) is 8.75. The van der Waals surface area contributed by atoms with Crippen LogP contribution in [0.1, 0.15) is 103 Å². The van der Waals surface area contributed by atoms with E-state index in [4.69, 9.17) is 4.52 Å². The van der Waals surface area contributed by atoms with Crippen LogP contribution in [0.25, 0.3) is 11.1 Å². The molecule has 0 spiro atoms. The van der Waals surface area contributed by atoms with Crippen molar-refractivity contribution in [2.24, 2.45) is 5.92 Å². The number of nitrogens with zero attached hydrogens (tertiary/aromatic N) is 4. The Balaban J connectivity index is 0.998. The van der Waals surface area contributed by atoms with Gasteiger partial charge in [-0.2, -0.15) is 5.26 Å². The van der Waals surface area contributed by atoms with E-state index in [9.17, 15) is 25.1 Å². The summed E-state index contributed by atoms with van der Waals surface area (Å²) in [6, 6.07) is 22.5. The number of fused-ring (bicyclic) bond motifs is 1. The van der Waals surface area contributed by atoms with Gasteiger partial charge >= 0.3 is 0 Å². The Bertz CT molecular complexity index is 2070. The molecule has 53 heavy (non-hydrogen) atoms. The molecule has 4 N–H and O–H groups in total. The third-order valence-electron chi connectivity index (χ3n) is 12.0. The van der Waals surface area contributed by atoms with Gasteiger partial charge in [0.15, 0.2) is 0 Å². The molecule has 3 aliphatic heterocycles. The number of nitrogens with one attached hydrogen (secondary N) is 2. The summed E-state index contributed by atoms with van der Waals surface area (Å²) in [5.74, 6) is 0.421. The minimum absolute atomic E-state index is 0.0403. The molecule has 0 bridgehead atoms. The number of piperidine rings is 2. The molecule has 3 fully saturated rings. The summed E-state index contributed by atoms with van der Waals surface area (Å²) in [7, 11) is 0. The lowest BCUT2D eigenvalue weighted by Gasteiger charge is -2.36. The van der Waals surface area contributed by atoms with Crippen molar-refractivity contribution < 1.29 is 24.3 Å². The summed E-state index contributed by atoms with van der Waals surface area (Å²) in [6.07, 6.45) is 2.86. The van der Waals surface area contributed by atoms with Crippen molar-refractivity contribution in [1.82, 2.24) is 15.4 Å². The Labute approximate surface area is 309 Å². The first kappa shape index (κ1) is 35.0. The zero-order chi connectivity index (χ0) is 37.0. The highest BCUT2D eigenvalue weighted by Gasteiger charge is 2.46. The van der Waals surface area contributed by atoms with Gasteiger partial charge in [0.2, 0.25) is 11.8 Å². The number of anilines is 2. The molecule has 4 heterocycles. The number of benzene rings is 3. The van der Waals surface area contributed by atoms with Gasteiger partial charge in [-0.3, -0.25) is 14.9 Å². The Morgan fingerprint density at radius 1 is 0.981 bits per heavy atom. The summed E-state index contributed by atoms with van der Waals surface area (Å²) < 4.78 is 5.52. The largest absolute Gasteiger partial charge is 0.378 e. The van der Waals surface area contributed by atoms with Crippen molar-refractivity contribution in [2.75, 3.05) is 23.3 Å². The van der Waals surface area contributed by atoms with Crippen LogP contribution < -0.4 is 15.5 Å². The van der Waals surface area contributed by atoms with Gasteiger partial charge in [-0.15, -0.1) is 0 Å². The molecule has 2 amide bonds. The molecule has 1 aromatic heterocycles. The lowest BCUT2D eigenvalue weighted by Crippen LogP contribution is -2.52. The molecular weight excluding hydrogens is 668 g/mol. The van der Waals surface area contributed by atoms with E-state index in [2.05, 4.69) is 76.1 Å². The highest BCUT2D eigenvalue weighted by atomic mass is 16.5. The lowest BCUT2D eigenvalue weighted by atomic mass is 9.85. The van der Waals surface area contributed by atoms with E-state index in [0.29, 0.717) is 17.0 Å². The van der Waals surface area contributed by atoms with Gasteiger partial charge in [-0.25, -0.2) is 4.90 Å². The van der Waals surface area contributed by atoms with Crippen LogP contribution in [0.5, 0.6) is 0 Å². The fraction of sp³-hybridized carbons (Fsp3) is 0.429. The molecule has 2 saturated heterocycles. The molecule has 4 unspecified atom stereocenters. The molecule has 0 radical (unpaired) electrons. The van der Waals surface area contributed by atoms with E-state index < -0.39 is 24.4 Å². The van der Waals surface area contributed by atoms with Gasteiger partial charge in [0, 0.05) is 47.6 Å². The predicted molar refractivity (Wildman–Crippen MR) is 199 cm³/mol. The number of nitriles is 1. The highest BCUT2D eigenvalue weighted by Crippen LogP contribution is 2.48. The second kappa shape index (κ2) is 13.8. The van der Waals surface area contributed by atoms with Crippen LogP contribution in [0.2, 0.25) is 0 Å². The minimum atomic E-state index is -1.15. The molecule has 11 nitrogen and oxygen atoms in total. The van der Waals surface area contributed by atoms with E-state index >= 15 is 0 Å². The van der Waals surface area contributed by atoms with Gasteiger partial charge in [-0.05, 0) is 118 Å². The van der Waals surface area contributed by atoms with Crippen LogP contribution in [-0.4, -0.2) is 51.2 Å². The first-order chi connectivity index (χ1) is 25.5. The van der Waals surface area contributed by atoms with Gasteiger partial charge < -0.3 is 25.0 Å². The minimum Gasteiger partial charge on any atom is -0.378 e. The summed E-state index contributed by atoms with van der Waals surface area (Å²) in [5, 5.41) is 42.6. The van der Waals surface area contributed by atoms with Crippen molar-refractivity contribution in [3.8, 4) is 17.2 Å². The standard InChI is InChI=1S/C42H46N6O5/c1-24-4-5-28(38-25(2)46-53-26(38)3)21-33(24)35(44-30-8-6-29(7-9-30)42(23-43)16-17-42)20-27-14-18-47(19-15-27)31-10-11-32-34(22-31)41(52)48(40(32)51)36-12-13-37(49)45-39(36)50/h4-11,21-22,27,35-36,40-41,44,51-52H,12-20H2,1-3H3,(H,45,49,50). The first-order valence-electron chi connectivity index (χ1n) is 18.7. The maximum Gasteiger partial charge on any atom is 0.244 e. The van der Waals surface area contributed by atoms with Crippen molar-refractivity contribution in [1.29, 1.82) is 5.26 Å². The van der Waals surface area contributed by atoms with Crippen LogP contribution in [0.3, 0.4) is 0 Å². The number of aromatic nitrogens is 1. The number of amides is 2. The molecule has 274 valence electrons. The van der Waals surface area contributed by atoms with E-state index in [1.807, 2.05) is 32.0 Å². The zero-order valence-electron chi connectivity index (χ0n) is 30.4. The summed E-state index contributed by atoms with van der Waals surface area (Å²) in [6.45, 7) is 7.77. The van der Waals surface area contributed by atoms with Crippen molar-refractivity contribution in [3.63, 3.8) is 0 Å². The Morgan fingerprint density at radius 3 is 2.38 bits per heavy atom. The second-order valence-electron chi connectivity index (χ2n) is 15.4. The maximum absolute atomic E-state index is 12.6. The number of carbonyl (C=O) groups excluding carboxylic acids is 2. The van der Waals surface area contributed by atoms with Gasteiger partial charge in [-0.1, -0.05) is 35.5 Å². The summed E-state index contributed by atoms with van der Waals surface area (Å²) in [5.41, 5.74) is 9.36. The fourth-order valence-electron chi connectivity index (χ4n) is 8.75. The maximum atomic E-state index is 12.6. The predicted octanol–water partition coefficient (Wildman–Crippen LogP) is 6.38. The molecule has 4 aromatic rings. The monoisotopic (exact) mass is 714 g/mol. The smallest absolute Gasteiger partial charge is 0.244 e. The molecule has 1 aliphatic carbocycles. The lowest BCUT2D eigenvalue weighted by molar-refractivity contribution is -0.154. The molecule has 1 saturated carbocycles. The third kappa shape index (κ3) is 6.49. The average Bonchev–Trinajstić information content (AvgIpc) is 3.84. The topological polar surface area (TPSA) is 155 Å². The first-order valence-corrected chi connectivity index (χ1v) is 18.7. The highest BCUT2D eigenvalue weighted by molar-refractivity contribution is 6.00. The number of imide groups is 1. The van der Waals surface area contributed by atoms with Gasteiger partial charge in [0.05, 0.1) is 29.3 Å². The van der Waals surface area contributed by atoms with E-state index in [1.54, 1.807) is 0 Å². The number of carbonyl (C=O) groups is 2. The SMILES string of the molecule is Cc1ccc(-c2c(C)noc2C)cc1C(CC1CCN(c2ccc3c(c2)C(O)N(C2CCC(=O)NC2=O)C3O)CC1)Nc1ccc(C2(C#N)CC2)cc1. The van der Waals surface area contributed by atoms with Crippen LogP contribution in [0, 0.1) is 38.0 Å². The molecule has 8 rings (SSSR count). The Hall–Kier alpha value is -5.02. The molecule has 11 heteroatoms. The van der Waals surface area contributed by atoms with Crippen molar-refractivity contribution in [2.45, 2.75) is 95.7 Å². The van der Waals surface area contributed by atoms with Crippen molar-refractivity contribution >= 4 is 23.2 Å². The second-order valence-corrected chi connectivity index (χ2v) is 15.4. The van der Waals surface area contributed by atoms with Crippen LogP contribution in [0.15, 0.2) is 65.2 Å². The van der Waals surface area contributed by atoms with Crippen molar-refractivity contribution in [3.05, 3.63) is 99.9 Å². The molecular formula is C42H46N6O5. The molecule has 3 aromatic carbocycles. The quantitative estimate of drug-likeness (QED) is 0.144. The van der Waals surface area contributed by atoms with E-state index in [1.165, 1.54) is 16.0 Å². The number of hydrogen-bond acceptors (Lipinski definition) is 10. The van der Waals surface area contributed by atoms with Crippen LogP contribution in [0.4, 0.5) is 11.4 Å². The molecule has 4 aliphatic rings. The number of aliphatic hydroxyl groups excluding tert-OH is 2. The number of aryl methyl sites for hydroxylation is 3. The number of hydrogen-bond donors (Lipinski definition) is 4. The normalized spacial score (nSPS) is 23.3. The zero-order valence-corrected chi connectivity index (χ0v) is 30.4. The van der Waals surface area contributed by atoms with Crippen LogP contribution >= 0.6 is 0 Å². The Kier molecular flexibility index (Phi) is 9.09. The van der Waals surface area contributed by atoms with E-state index in [0.717, 1.165) is 84.7 Å². The van der Waals surface area contributed by atoms with Crippen LogP contribution in [-0.2, 0) is 15.0 Å².